The lowest BCUT2D eigenvalue weighted by Gasteiger charge is -2.43. The Balaban J connectivity index is 0.000000233. The van der Waals surface area contributed by atoms with E-state index in [-0.39, 0.29) is 18.1 Å². The summed E-state index contributed by atoms with van der Waals surface area (Å²) in [4.78, 5) is 61.5. The number of aldehydes is 1. The number of hydrogen-bond donors (Lipinski definition) is 3. The highest BCUT2D eigenvalue weighted by molar-refractivity contribution is 7.44. The molecule has 2 aromatic heterocycles. The number of nitrogens with two attached hydrogens (primary N) is 1. The minimum atomic E-state index is -1.93. The fraction of sp³-hybridized carbons (Fsp3) is 0.515. The van der Waals surface area contributed by atoms with Gasteiger partial charge in [-0.3, -0.25) is 19.5 Å². The predicted octanol–water partition coefficient (Wildman–Crippen LogP) is 5.07. The van der Waals surface area contributed by atoms with Crippen LogP contribution in [0.2, 0.25) is 0 Å². The van der Waals surface area contributed by atoms with Crippen LogP contribution in [-0.2, 0) is 15.8 Å². The summed E-state index contributed by atoms with van der Waals surface area (Å²) in [7, 11) is 0.159. The SMILES string of the molecule is CC[C@@H](C(=O)N1CC(c2cnccc2C)C1)N(C)CCC1C(C)C1CCC=O.NC(=O)c1cc2cc(CP(O)O)ccc2s1. The van der Waals surface area contributed by atoms with Gasteiger partial charge in [-0.15, -0.1) is 11.3 Å². The van der Waals surface area contributed by atoms with Crippen molar-refractivity contribution in [2.24, 2.45) is 23.5 Å². The Hall–Kier alpha value is -2.75. The molecule has 9 nitrogen and oxygen atoms in total. The number of benzene rings is 1. The number of aromatic nitrogens is 1. The van der Waals surface area contributed by atoms with Crippen molar-refractivity contribution in [3.63, 3.8) is 0 Å². The molecule has 3 heterocycles. The molecule has 4 N–H and O–H groups in total. The molecule has 1 aliphatic carbocycles. The average Bonchev–Trinajstić information content (AvgIpc) is 3.35. The van der Waals surface area contributed by atoms with Crippen molar-refractivity contribution in [3.8, 4) is 0 Å². The van der Waals surface area contributed by atoms with Crippen LogP contribution in [0.1, 0.15) is 71.8 Å². The summed E-state index contributed by atoms with van der Waals surface area (Å²) in [5, 5.41) is 0.910. The zero-order valence-electron chi connectivity index (χ0n) is 26.1. The number of primary amides is 1. The van der Waals surface area contributed by atoms with Gasteiger partial charge in [0, 0.05) is 48.7 Å². The van der Waals surface area contributed by atoms with Gasteiger partial charge in [-0.05, 0) is 104 Å². The highest BCUT2D eigenvalue weighted by Crippen LogP contribution is 2.50. The fourth-order valence-corrected chi connectivity index (χ4v) is 7.90. The lowest BCUT2D eigenvalue weighted by Crippen LogP contribution is -2.55. The lowest BCUT2D eigenvalue weighted by atomic mass is 9.89. The van der Waals surface area contributed by atoms with Gasteiger partial charge in [0.25, 0.3) is 5.91 Å². The molecule has 2 amide bonds. The Morgan fingerprint density at radius 1 is 1.20 bits per heavy atom. The Morgan fingerprint density at radius 2 is 1.93 bits per heavy atom. The van der Waals surface area contributed by atoms with E-state index in [2.05, 4.69) is 37.7 Å². The van der Waals surface area contributed by atoms with Gasteiger partial charge in [-0.1, -0.05) is 19.9 Å². The van der Waals surface area contributed by atoms with Crippen molar-refractivity contribution in [1.82, 2.24) is 14.8 Å². The first kappa shape index (κ1) is 34.1. The number of carbonyl (C=O) groups excluding carboxylic acids is 3. The minimum absolute atomic E-state index is 0.0292. The van der Waals surface area contributed by atoms with E-state index in [4.69, 9.17) is 15.5 Å². The molecule has 1 aromatic carbocycles. The Kier molecular flexibility index (Phi) is 12.0. The maximum absolute atomic E-state index is 13.0. The van der Waals surface area contributed by atoms with Crippen LogP contribution in [0.3, 0.4) is 0 Å². The number of thiophene rings is 1. The van der Waals surface area contributed by atoms with Gasteiger partial charge in [-0.25, -0.2) is 0 Å². The summed E-state index contributed by atoms with van der Waals surface area (Å²) < 4.78 is 0.970. The number of pyridine rings is 1. The highest BCUT2D eigenvalue weighted by atomic mass is 32.1. The third-order valence-corrected chi connectivity index (χ3v) is 11.0. The first-order chi connectivity index (χ1) is 21.0. The summed E-state index contributed by atoms with van der Waals surface area (Å²) in [5.41, 5.74) is 8.57. The van der Waals surface area contributed by atoms with Crippen LogP contribution in [-0.4, -0.2) is 75.4 Å². The average molecular weight is 641 g/mol. The Morgan fingerprint density at radius 3 is 2.57 bits per heavy atom. The number of aryl methyl sites for hydroxylation is 1. The van der Waals surface area contributed by atoms with Crippen LogP contribution in [0.4, 0.5) is 0 Å². The maximum atomic E-state index is 13.0. The van der Waals surface area contributed by atoms with Gasteiger partial charge in [0.1, 0.15) is 6.29 Å². The van der Waals surface area contributed by atoms with Crippen molar-refractivity contribution < 1.29 is 24.2 Å². The topological polar surface area (TPSA) is 137 Å². The van der Waals surface area contributed by atoms with Crippen LogP contribution < -0.4 is 5.73 Å². The molecule has 1 aliphatic heterocycles. The molecular formula is C33H45N4O5PS. The molecule has 2 fully saturated rings. The molecule has 238 valence electrons. The van der Waals surface area contributed by atoms with Gasteiger partial charge in [0.05, 0.1) is 10.9 Å². The van der Waals surface area contributed by atoms with E-state index in [0.29, 0.717) is 23.1 Å². The van der Waals surface area contributed by atoms with E-state index in [9.17, 15) is 14.4 Å². The summed E-state index contributed by atoms with van der Waals surface area (Å²) in [6, 6.07) is 9.27. The molecule has 1 saturated heterocycles. The quantitative estimate of drug-likeness (QED) is 0.175. The number of amides is 2. The van der Waals surface area contributed by atoms with Crippen LogP contribution >= 0.6 is 19.7 Å². The number of likely N-dealkylation sites (tertiary alicyclic amines) is 1. The molecule has 11 heteroatoms. The summed E-state index contributed by atoms with van der Waals surface area (Å²) in [5.74, 6) is 2.40. The molecule has 4 atom stereocenters. The molecule has 0 bridgehead atoms. The zero-order valence-corrected chi connectivity index (χ0v) is 27.8. The van der Waals surface area contributed by atoms with Crippen molar-refractivity contribution >= 4 is 47.9 Å². The van der Waals surface area contributed by atoms with E-state index in [0.717, 1.165) is 72.7 Å². The molecule has 3 unspecified atom stereocenters. The second-order valence-corrected chi connectivity index (χ2v) is 14.3. The molecule has 44 heavy (non-hydrogen) atoms. The second kappa shape index (κ2) is 15.5. The van der Waals surface area contributed by atoms with Crippen LogP contribution in [0.15, 0.2) is 42.7 Å². The normalized spacial score (nSPS) is 20.3. The summed E-state index contributed by atoms with van der Waals surface area (Å²) >= 11 is 1.34. The number of nitrogens with zero attached hydrogens (tertiary/aromatic N) is 3. The van der Waals surface area contributed by atoms with Crippen LogP contribution in [0, 0.1) is 24.7 Å². The lowest BCUT2D eigenvalue weighted by molar-refractivity contribution is -0.141. The maximum Gasteiger partial charge on any atom is 0.258 e. The number of hydrogen-bond acceptors (Lipinski definition) is 8. The number of fused-ring (bicyclic) bond motifs is 1. The predicted molar refractivity (Wildman–Crippen MR) is 176 cm³/mol. The zero-order chi connectivity index (χ0) is 32.0. The van der Waals surface area contributed by atoms with Gasteiger partial charge in [0.2, 0.25) is 5.91 Å². The van der Waals surface area contributed by atoms with Crippen molar-refractivity contribution in [3.05, 3.63) is 64.3 Å². The third kappa shape index (κ3) is 8.49. The monoisotopic (exact) mass is 640 g/mol. The first-order valence-corrected chi connectivity index (χ1v) is 17.6. The van der Waals surface area contributed by atoms with E-state index < -0.39 is 14.3 Å². The highest BCUT2D eigenvalue weighted by Gasteiger charge is 2.45. The molecule has 3 aromatic rings. The number of rotatable bonds is 13. The Bertz CT molecular complexity index is 1440. The Labute approximate surface area is 265 Å². The first-order valence-electron chi connectivity index (χ1n) is 15.3. The molecule has 5 rings (SSSR count). The van der Waals surface area contributed by atoms with E-state index in [1.54, 1.807) is 6.07 Å². The van der Waals surface area contributed by atoms with Crippen molar-refractivity contribution in [1.29, 1.82) is 0 Å². The van der Waals surface area contributed by atoms with E-state index >= 15 is 0 Å². The van der Waals surface area contributed by atoms with Gasteiger partial charge in [-0.2, -0.15) is 0 Å². The molecule has 0 spiro atoms. The van der Waals surface area contributed by atoms with E-state index in [1.807, 2.05) is 41.6 Å². The van der Waals surface area contributed by atoms with E-state index in [1.165, 1.54) is 22.5 Å². The smallest absolute Gasteiger partial charge is 0.258 e. The van der Waals surface area contributed by atoms with Gasteiger partial charge >= 0.3 is 0 Å². The largest absolute Gasteiger partial charge is 0.365 e. The van der Waals surface area contributed by atoms with Gasteiger partial charge < -0.3 is 25.2 Å². The molecule has 2 aliphatic rings. The van der Waals surface area contributed by atoms with Crippen LogP contribution in [0.25, 0.3) is 10.1 Å². The number of carbonyl (C=O) groups is 3. The number of likely N-dealkylation sites (N-methyl/N-ethyl adjacent to an activating group) is 1. The van der Waals surface area contributed by atoms with Crippen molar-refractivity contribution in [2.75, 3.05) is 26.7 Å². The van der Waals surface area contributed by atoms with Crippen molar-refractivity contribution in [2.45, 2.75) is 64.6 Å². The standard InChI is InChI=1S/C23H35N3O2.C10H10NO3PS/c1-5-22(25(4)11-9-20-17(3)19(20)7-6-12-27)23(28)26-14-18(15-26)21-13-24-10-8-16(21)2;11-10(12)9-4-7-3-6(5-15(13)14)1-2-8(7)16-9/h8,10,12-13,17-20,22H,5-7,9,11,14-15H2,1-4H3;1-4,13-14H,5H2,(H2,11,12)/t17?,19?,20?,22-;/m0./s1. The summed E-state index contributed by atoms with van der Waals surface area (Å²) in [6.07, 6.45) is 8.73. The van der Waals surface area contributed by atoms with Crippen LogP contribution in [0.5, 0.6) is 0 Å². The third-order valence-electron chi connectivity index (χ3n) is 9.26. The molecular weight excluding hydrogens is 595 g/mol. The minimum Gasteiger partial charge on any atom is -0.365 e. The van der Waals surface area contributed by atoms with Gasteiger partial charge in [0.15, 0.2) is 8.38 Å². The molecule has 1 saturated carbocycles. The summed E-state index contributed by atoms with van der Waals surface area (Å²) in [6.45, 7) is 9.09. The second-order valence-electron chi connectivity index (χ2n) is 12.2. The molecule has 0 radical (unpaired) electrons. The fourth-order valence-electron chi connectivity index (χ4n) is 6.48.